The molecule has 5 heteroatoms. The first-order valence-electron chi connectivity index (χ1n) is 6.01. The molecule has 2 atom stereocenters. The molecular weight excluding hydrogens is 256 g/mol. The van der Waals surface area contributed by atoms with Crippen molar-refractivity contribution in [3.63, 3.8) is 0 Å². The number of alkyl halides is 2. The van der Waals surface area contributed by atoms with E-state index in [1.165, 1.54) is 0 Å². The molecule has 18 heavy (non-hydrogen) atoms. The van der Waals surface area contributed by atoms with Gasteiger partial charge in [-0.15, -0.1) is 0 Å². The molecule has 1 aromatic rings. The topological polar surface area (TPSA) is 21.3 Å². The van der Waals surface area contributed by atoms with Gasteiger partial charge in [-0.25, -0.2) is 0 Å². The van der Waals surface area contributed by atoms with Crippen LogP contribution in [0.3, 0.4) is 0 Å². The number of hydrogen-bond acceptors (Lipinski definition) is 3. The van der Waals surface area contributed by atoms with E-state index in [1.807, 2.05) is 23.9 Å². The predicted molar refractivity (Wildman–Crippen MR) is 70.3 cm³/mol. The third kappa shape index (κ3) is 3.85. The van der Waals surface area contributed by atoms with Gasteiger partial charge in [0, 0.05) is 11.8 Å². The molecule has 0 radical (unpaired) electrons. The summed E-state index contributed by atoms with van der Waals surface area (Å²) in [5, 5.41) is 3.50. The summed E-state index contributed by atoms with van der Waals surface area (Å²) >= 11 is 1.93. The van der Waals surface area contributed by atoms with Crippen LogP contribution in [0.25, 0.3) is 0 Å². The molecule has 1 aromatic carbocycles. The molecule has 2 rings (SSSR count). The third-order valence-corrected chi connectivity index (χ3v) is 4.28. The fourth-order valence-corrected chi connectivity index (χ4v) is 3.15. The average molecular weight is 273 g/mol. The lowest BCUT2D eigenvalue weighted by Gasteiger charge is -2.16. The first kappa shape index (κ1) is 13.6. The summed E-state index contributed by atoms with van der Waals surface area (Å²) in [5.41, 5.74) is 1.12. The first-order valence-corrected chi connectivity index (χ1v) is 7.16. The fourth-order valence-electron chi connectivity index (χ4n) is 1.94. The van der Waals surface area contributed by atoms with Crippen LogP contribution in [0.5, 0.6) is 5.75 Å². The molecule has 0 aliphatic carbocycles. The number of rotatable bonds is 3. The zero-order valence-corrected chi connectivity index (χ0v) is 11.1. The van der Waals surface area contributed by atoms with Gasteiger partial charge in [0.05, 0.1) is 0 Å². The van der Waals surface area contributed by atoms with Crippen molar-refractivity contribution >= 4 is 11.8 Å². The second-order valence-electron chi connectivity index (χ2n) is 4.55. The number of thioether (sulfide) groups is 1. The van der Waals surface area contributed by atoms with E-state index in [0.717, 1.165) is 23.6 Å². The molecule has 1 aliphatic heterocycles. The molecule has 1 fully saturated rings. The highest BCUT2D eigenvalue weighted by Gasteiger charge is 2.17. The van der Waals surface area contributed by atoms with Crippen LogP contribution >= 0.6 is 11.8 Å². The van der Waals surface area contributed by atoms with Crippen molar-refractivity contribution in [3.8, 4) is 5.75 Å². The molecular formula is C13H17F2NOS. The van der Waals surface area contributed by atoms with Crippen LogP contribution < -0.4 is 10.1 Å². The van der Waals surface area contributed by atoms with Gasteiger partial charge in [0.15, 0.2) is 0 Å². The molecule has 0 bridgehead atoms. The predicted octanol–water partition coefficient (Wildman–Crippen LogP) is 3.30. The van der Waals surface area contributed by atoms with E-state index in [2.05, 4.69) is 17.0 Å². The smallest absolute Gasteiger partial charge is 0.387 e. The average Bonchev–Trinajstić information content (AvgIpc) is 2.54. The quantitative estimate of drug-likeness (QED) is 0.913. The van der Waals surface area contributed by atoms with Crippen LogP contribution in [0.15, 0.2) is 24.3 Å². The molecule has 0 spiro atoms. The van der Waals surface area contributed by atoms with Gasteiger partial charge >= 0.3 is 6.61 Å². The van der Waals surface area contributed by atoms with E-state index in [4.69, 9.17) is 0 Å². The van der Waals surface area contributed by atoms with Gasteiger partial charge in [-0.2, -0.15) is 20.5 Å². The Labute approximate surface area is 110 Å². The van der Waals surface area contributed by atoms with Crippen LogP contribution in [0.1, 0.15) is 18.5 Å². The molecule has 100 valence electrons. The largest absolute Gasteiger partial charge is 0.435 e. The minimum atomic E-state index is -2.76. The Hall–Kier alpha value is -0.810. The lowest BCUT2D eigenvalue weighted by atomic mass is 10.1. The number of benzene rings is 1. The Morgan fingerprint density at radius 1 is 1.28 bits per heavy atom. The zero-order chi connectivity index (χ0) is 13.0. The SMILES string of the molecule is CC1CNC(c2ccc(OC(F)F)cc2)CSC1. The van der Waals surface area contributed by atoms with Crippen LogP contribution in [0.2, 0.25) is 0 Å². The summed E-state index contributed by atoms with van der Waals surface area (Å²) in [6.45, 7) is 0.456. The van der Waals surface area contributed by atoms with Crippen molar-refractivity contribution in [2.45, 2.75) is 19.6 Å². The molecule has 1 aliphatic rings. The molecule has 1 N–H and O–H groups in total. The first-order chi connectivity index (χ1) is 8.65. The molecule has 2 nitrogen and oxygen atoms in total. The Bertz CT molecular complexity index is 372. The Kier molecular flexibility index (Phi) is 4.83. The van der Waals surface area contributed by atoms with Gasteiger partial charge in [0.25, 0.3) is 0 Å². The highest BCUT2D eigenvalue weighted by molar-refractivity contribution is 7.99. The van der Waals surface area contributed by atoms with Crippen molar-refractivity contribution in [2.75, 3.05) is 18.1 Å². The summed E-state index contributed by atoms with van der Waals surface area (Å²) in [4.78, 5) is 0. The van der Waals surface area contributed by atoms with E-state index >= 15 is 0 Å². The minimum Gasteiger partial charge on any atom is -0.435 e. The summed E-state index contributed by atoms with van der Waals surface area (Å²) in [6, 6.07) is 7.20. The third-order valence-electron chi connectivity index (χ3n) is 2.91. The maximum absolute atomic E-state index is 12.0. The summed E-state index contributed by atoms with van der Waals surface area (Å²) in [6.07, 6.45) is 0. The van der Waals surface area contributed by atoms with E-state index in [0.29, 0.717) is 12.0 Å². The van der Waals surface area contributed by atoms with E-state index in [9.17, 15) is 8.78 Å². The number of hydrogen-bond donors (Lipinski definition) is 1. The summed E-state index contributed by atoms with van der Waals surface area (Å²) < 4.78 is 28.4. The summed E-state index contributed by atoms with van der Waals surface area (Å²) in [7, 11) is 0. The standard InChI is InChI=1S/C13H17F2NOS/c1-9-6-16-12(8-18-7-9)10-2-4-11(5-3-10)17-13(14)15/h2-5,9,12-13,16H,6-8H2,1H3. The minimum absolute atomic E-state index is 0.211. The van der Waals surface area contributed by atoms with Crippen LogP contribution in [0.4, 0.5) is 8.78 Å². The highest BCUT2D eigenvalue weighted by atomic mass is 32.2. The van der Waals surface area contributed by atoms with E-state index in [-0.39, 0.29) is 5.75 Å². The Morgan fingerprint density at radius 2 is 2.00 bits per heavy atom. The van der Waals surface area contributed by atoms with Crippen LogP contribution in [0, 0.1) is 5.92 Å². The van der Waals surface area contributed by atoms with Crippen molar-refractivity contribution in [3.05, 3.63) is 29.8 Å². The van der Waals surface area contributed by atoms with Gasteiger partial charge in [0.1, 0.15) is 5.75 Å². The number of ether oxygens (including phenoxy) is 1. The van der Waals surface area contributed by atoms with Crippen molar-refractivity contribution in [2.24, 2.45) is 5.92 Å². The van der Waals surface area contributed by atoms with Crippen molar-refractivity contribution in [1.82, 2.24) is 5.32 Å². The van der Waals surface area contributed by atoms with Crippen LogP contribution in [-0.2, 0) is 0 Å². The van der Waals surface area contributed by atoms with Gasteiger partial charge in [0.2, 0.25) is 0 Å². The van der Waals surface area contributed by atoms with Crippen LogP contribution in [-0.4, -0.2) is 24.7 Å². The van der Waals surface area contributed by atoms with Gasteiger partial charge in [-0.05, 0) is 35.9 Å². The second-order valence-corrected chi connectivity index (χ2v) is 5.63. The molecule has 2 unspecified atom stereocenters. The maximum Gasteiger partial charge on any atom is 0.387 e. The second kappa shape index (κ2) is 6.38. The van der Waals surface area contributed by atoms with E-state index in [1.54, 1.807) is 12.1 Å². The molecule has 0 amide bonds. The van der Waals surface area contributed by atoms with Crippen molar-refractivity contribution < 1.29 is 13.5 Å². The monoisotopic (exact) mass is 273 g/mol. The van der Waals surface area contributed by atoms with Gasteiger partial charge < -0.3 is 10.1 Å². The lowest BCUT2D eigenvalue weighted by molar-refractivity contribution is -0.0498. The Balaban J connectivity index is 2.00. The van der Waals surface area contributed by atoms with Gasteiger partial charge in [-0.3, -0.25) is 0 Å². The molecule has 1 heterocycles. The fraction of sp³-hybridized carbons (Fsp3) is 0.538. The molecule has 1 saturated heterocycles. The number of nitrogens with one attached hydrogen (secondary N) is 1. The molecule has 0 saturated carbocycles. The Morgan fingerprint density at radius 3 is 2.67 bits per heavy atom. The molecule has 0 aromatic heterocycles. The zero-order valence-electron chi connectivity index (χ0n) is 10.2. The van der Waals surface area contributed by atoms with E-state index < -0.39 is 6.61 Å². The van der Waals surface area contributed by atoms with Gasteiger partial charge in [-0.1, -0.05) is 19.1 Å². The van der Waals surface area contributed by atoms with Crippen molar-refractivity contribution in [1.29, 1.82) is 0 Å². The normalized spacial score (nSPS) is 24.9. The number of halogens is 2. The maximum atomic E-state index is 12.0. The lowest BCUT2D eigenvalue weighted by Crippen LogP contribution is -2.25. The summed E-state index contributed by atoms with van der Waals surface area (Å²) in [5.74, 6) is 3.06. The highest BCUT2D eigenvalue weighted by Crippen LogP contribution is 2.25.